The third kappa shape index (κ3) is 1.96. The van der Waals surface area contributed by atoms with Crippen LogP contribution in [0.3, 0.4) is 0 Å². The molecule has 0 radical (unpaired) electrons. The quantitative estimate of drug-likeness (QED) is 0.253. The molecule has 7 rings (SSSR count). The molecule has 30 heavy (non-hydrogen) atoms. The Morgan fingerprint density at radius 3 is 1.80 bits per heavy atom. The molecule has 6 aromatic carbocycles. The van der Waals surface area contributed by atoms with E-state index in [1.165, 1.54) is 57.9 Å². The Balaban J connectivity index is 1.96. The fraction of sp³-hybridized carbons (Fsp3) is 0. The molecule has 0 fully saturated rings. The summed E-state index contributed by atoms with van der Waals surface area (Å²) in [5.41, 5.74) is 0. The van der Waals surface area contributed by atoms with E-state index in [1.54, 1.807) is 6.07 Å². The van der Waals surface area contributed by atoms with Crippen LogP contribution in [-0.4, -0.2) is 5.11 Å². The van der Waals surface area contributed by atoms with Crippen molar-refractivity contribution in [3.63, 3.8) is 0 Å². The predicted molar refractivity (Wildman–Crippen MR) is 131 cm³/mol. The molecular formula is C28H16OS. The van der Waals surface area contributed by atoms with Gasteiger partial charge in [0.05, 0.1) is 0 Å². The van der Waals surface area contributed by atoms with E-state index in [1.807, 2.05) is 17.4 Å². The van der Waals surface area contributed by atoms with Crippen LogP contribution in [0.1, 0.15) is 0 Å². The Morgan fingerprint density at radius 2 is 1.03 bits per heavy atom. The zero-order chi connectivity index (χ0) is 19.8. The van der Waals surface area contributed by atoms with Gasteiger partial charge < -0.3 is 5.11 Å². The molecule has 0 aliphatic carbocycles. The highest BCUT2D eigenvalue weighted by atomic mass is 32.1. The first kappa shape index (κ1) is 16.2. The van der Waals surface area contributed by atoms with Crippen LogP contribution in [-0.2, 0) is 0 Å². The molecule has 0 aliphatic heterocycles. The van der Waals surface area contributed by atoms with Crippen LogP contribution in [0, 0.1) is 0 Å². The highest BCUT2D eigenvalue weighted by Gasteiger charge is 2.18. The average Bonchev–Trinajstić information content (AvgIpc) is 3.18. The van der Waals surface area contributed by atoms with Crippen molar-refractivity contribution in [2.24, 2.45) is 0 Å². The minimum Gasteiger partial charge on any atom is -0.508 e. The van der Waals surface area contributed by atoms with E-state index in [-0.39, 0.29) is 0 Å². The van der Waals surface area contributed by atoms with Crippen molar-refractivity contribution in [1.29, 1.82) is 0 Å². The minimum absolute atomic E-state index is 0.305. The number of fused-ring (bicyclic) bond motifs is 13. The Labute approximate surface area is 176 Å². The van der Waals surface area contributed by atoms with Crippen molar-refractivity contribution in [3.8, 4) is 5.75 Å². The fourth-order valence-corrected chi connectivity index (χ4v) is 6.38. The molecule has 0 atom stereocenters. The second kappa shape index (κ2) is 5.71. The largest absolute Gasteiger partial charge is 0.508 e. The van der Waals surface area contributed by atoms with E-state index in [0.717, 1.165) is 5.39 Å². The van der Waals surface area contributed by atoms with Gasteiger partial charge in [-0.3, -0.25) is 0 Å². The molecule has 0 bridgehead atoms. The zero-order valence-electron chi connectivity index (χ0n) is 16.0. The lowest BCUT2D eigenvalue weighted by atomic mass is 9.89. The van der Waals surface area contributed by atoms with E-state index in [0.29, 0.717) is 5.75 Å². The summed E-state index contributed by atoms with van der Waals surface area (Å²) in [5.74, 6) is 0.305. The highest BCUT2D eigenvalue weighted by molar-refractivity contribution is 7.27. The van der Waals surface area contributed by atoms with Gasteiger partial charge in [0.15, 0.2) is 0 Å². The summed E-state index contributed by atoms with van der Waals surface area (Å²) in [6.45, 7) is 0. The average molecular weight is 401 g/mol. The van der Waals surface area contributed by atoms with Crippen LogP contribution in [0.4, 0.5) is 0 Å². The summed E-state index contributed by atoms with van der Waals surface area (Å²) < 4.78 is 2.66. The molecule has 1 N–H and O–H groups in total. The Hall–Kier alpha value is -3.62. The van der Waals surface area contributed by atoms with Gasteiger partial charge in [-0.25, -0.2) is 0 Å². The summed E-state index contributed by atoms with van der Waals surface area (Å²) in [7, 11) is 0. The maximum atomic E-state index is 10.2. The first-order valence-corrected chi connectivity index (χ1v) is 10.9. The van der Waals surface area contributed by atoms with E-state index in [2.05, 4.69) is 78.9 Å². The number of rotatable bonds is 0. The van der Waals surface area contributed by atoms with Gasteiger partial charge in [-0.2, -0.15) is 0 Å². The van der Waals surface area contributed by atoms with E-state index in [4.69, 9.17) is 0 Å². The summed E-state index contributed by atoms with van der Waals surface area (Å²) >= 11 is 1.88. The first-order valence-electron chi connectivity index (χ1n) is 10.1. The number of phenolic OH excluding ortho intramolecular Hbond substituents is 1. The lowest BCUT2D eigenvalue weighted by Crippen LogP contribution is -1.86. The summed E-state index contributed by atoms with van der Waals surface area (Å²) in [6.07, 6.45) is 0. The highest BCUT2D eigenvalue weighted by Crippen LogP contribution is 2.48. The van der Waals surface area contributed by atoms with Crippen LogP contribution in [0.15, 0.2) is 91.0 Å². The van der Waals surface area contributed by atoms with Crippen molar-refractivity contribution >= 4 is 74.6 Å². The predicted octanol–water partition coefficient (Wildman–Crippen LogP) is 8.37. The molecule has 0 spiro atoms. The lowest BCUT2D eigenvalue weighted by molar-refractivity contribution is 0.476. The van der Waals surface area contributed by atoms with Gasteiger partial charge >= 0.3 is 0 Å². The number of thiophene rings is 1. The van der Waals surface area contributed by atoms with Gasteiger partial charge in [-0.05, 0) is 55.9 Å². The first-order chi connectivity index (χ1) is 14.8. The number of hydrogen-bond donors (Lipinski definition) is 1. The maximum Gasteiger partial charge on any atom is 0.116 e. The Bertz CT molecular complexity index is 1810. The van der Waals surface area contributed by atoms with Crippen molar-refractivity contribution in [2.75, 3.05) is 0 Å². The molecule has 0 unspecified atom stereocenters. The molecule has 1 heterocycles. The van der Waals surface area contributed by atoms with E-state index >= 15 is 0 Å². The van der Waals surface area contributed by atoms with E-state index in [9.17, 15) is 5.11 Å². The number of hydrogen-bond acceptors (Lipinski definition) is 2. The van der Waals surface area contributed by atoms with Gasteiger partial charge in [0, 0.05) is 25.6 Å². The second-order valence-corrected chi connectivity index (χ2v) is 8.93. The Morgan fingerprint density at radius 1 is 0.467 bits per heavy atom. The molecule has 0 saturated carbocycles. The number of aromatic hydroxyl groups is 1. The topological polar surface area (TPSA) is 20.2 Å². The molecule has 0 amide bonds. The lowest BCUT2D eigenvalue weighted by Gasteiger charge is -2.14. The summed E-state index contributed by atoms with van der Waals surface area (Å²) in [4.78, 5) is 0. The molecule has 1 aromatic heterocycles. The normalized spacial score (nSPS) is 12.1. The van der Waals surface area contributed by atoms with Gasteiger partial charge in [0.1, 0.15) is 5.75 Å². The van der Waals surface area contributed by atoms with Crippen LogP contribution in [0.2, 0.25) is 0 Å². The molecule has 0 saturated heterocycles. The van der Waals surface area contributed by atoms with Crippen LogP contribution >= 0.6 is 11.3 Å². The van der Waals surface area contributed by atoms with Gasteiger partial charge in [-0.1, -0.05) is 72.8 Å². The third-order valence-electron chi connectivity index (χ3n) is 6.30. The van der Waals surface area contributed by atoms with Crippen LogP contribution < -0.4 is 0 Å². The molecule has 2 heteroatoms. The molecule has 1 nitrogen and oxygen atoms in total. The maximum absolute atomic E-state index is 10.2. The molecular weight excluding hydrogens is 384 g/mol. The van der Waals surface area contributed by atoms with Gasteiger partial charge in [0.2, 0.25) is 0 Å². The van der Waals surface area contributed by atoms with Crippen molar-refractivity contribution in [2.45, 2.75) is 0 Å². The number of benzene rings is 6. The van der Waals surface area contributed by atoms with Crippen LogP contribution in [0.25, 0.3) is 63.3 Å². The zero-order valence-corrected chi connectivity index (χ0v) is 16.8. The third-order valence-corrected chi connectivity index (χ3v) is 7.49. The second-order valence-electron chi connectivity index (χ2n) is 7.87. The molecule has 0 aliphatic rings. The van der Waals surface area contributed by atoms with Crippen molar-refractivity contribution < 1.29 is 5.11 Å². The molecule has 140 valence electrons. The van der Waals surface area contributed by atoms with Gasteiger partial charge in [-0.15, -0.1) is 11.3 Å². The summed E-state index contributed by atoms with van der Waals surface area (Å²) in [6, 6.07) is 31.9. The number of phenols is 1. The van der Waals surface area contributed by atoms with Crippen molar-refractivity contribution in [1.82, 2.24) is 0 Å². The fourth-order valence-electron chi connectivity index (χ4n) is 5.10. The SMILES string of the molecule is Oc1ccc2c(c1)c1ccccc1c1c3sc4ccccc4c3c3ccccc3c21. The van der Waals surface area contributed by atoms with Crippen LogP contribution in [0.5, 0.6) is 5.75 Å². The smallest absolute Gasteiger partial charge is 0.116 e. The monoisotopic (exact) mass is 400 g/mol. The summed E-state index contributed by atoms with van der Waals surface area (Å²) in [5, 5.41) is 22.8. The van der Waals surface area contributed by atoms with Gasteiger partial charge in [0.25, 0.3) is 0 Å². The Kier molecular flexibility index (Phi) is 3.09. The minimum atomic E-state index is 0.305. The van der Waals surface area contributed by atoms with Crippen molar-refractivity contribution in [3.05, 3.63) is 91.0 Å². The van der Waals surface area contributed by atoms with E-state index < -0.39 is 0 Å². The standard InChI is InChI=1S/C28H16OS/c29-16-13-14-21-23(15-16)17-7-1-2-8-18(17)27-25(21)19-9-3-4-10-20(19)26-22-11-5-6-12-24(22)30-28(26)27/h1-15,29H. The molecule has 7 aromatic rings.